The van der Waals surface area contributed by atoms with E-state index in [1.165, 1.54) is 0 Å². The summed E-state index contributed by atoms with van der Waals surface area (Å²) < 4.78 is 5.14. The molecule has 95 valence electrons. The number of nitrogens with one attached hydrogen (secondary N) is 1. The third-order valence-corrected chi connectivity index (χ3v) is 2.28. The van der Waals surface area contributed by atoms with E-state index in [-0.39, 0.29) is 11.5 Å². The highest BCUT2D eigenvalue weighted by Gasteiger charge is 2.26. The van der Waals surface area contributed by atoms with Crippen molar-refractivity contribution in [1.82, 2.24) is 5.23 Å². The zero-order chi connectivity index (χ0) is 13.5. The second-order valence-corrected chi connectivity index (χ2v) is 5.20. The molecule has 7 heteroatoms. The minimum Gasteiger partial charge on any atom is -0.459 e. The van der Waals surface area contributed by atoms with Gasteiger partial charge in [-0.2, -0.15) is 0 Å². The second kappa shape index (κ2) is 7.50. The van der Waals surface area contributed by atoms with Crippen LogP contribution >= 0.6 is 11.8 Å². The van der Waals surface area contributed by atoms with Crippen molar-refractivity contribution in [3.8, 4) is 0 Å². The maximum Gasteiger partial charge on any atom is 0.323 e. The van der Waals surface area contributed by atoms with Gasteiger partial charge in [0.1, 0.15) is 11.6 Å². The molecule has 0 heterocycles. The molecule has 0 bridgehead atoms. The van der Waals surface area contributed by atoms with Crippen LogP contribution in [-0.4, -0.2) is 42.6 Å². The summed E-state index contributed by atoms with van der Waals surface area (Å²) in [7, 11) is 1.09. The van der Waals surface area contributed by atoms with Crippen molar-refractivity contribution < 1.29 is 19.1 Å². The highest BCUT2D eigenvalue weighted by atomic mass is 32.2. The van der Waals surface area contributed by atoms with Crippen molar-refractivity contribution in [2.45, 2.75) is 38.8 Å². The van der Waals surface area contributed by atoms with Gasteiger partial charge in [-0.25, -0.2) is 0 Å². The highest BCUT2D eigenvalue weighted by molar-refractivity contribution is 8.13. The summed E-state index contributed by atoms with van der Waals surface area (Å²) >= 11 is 1.03. The van der Waals surface area contributed by atoms with E-state index >= 15 is 0 Å². The average molecular weight is 258 g/mol. The van der Waals surface area contributed by atoms with Gasteiger partial charge in [0.2, 0.25) is 0 Å². The number of ether oxygens (including phenoxy) is 1. The summed E-state index contributed by atoms with van der Waals surface area (Å²) in [6, 6.07) is -0.820. The molecule has 0 spiro atoms. The van der Waals surface area contributed by atoms with E-state index in [4.69, 9.17) is 4.74 Å². The monoisotopic (exact) mass is 258 g/mol. The van der Waals surface area contributed by atoms with Gasteiger partial charge in [0.25, 0.3) is 7.41 Å². The maximum absolute atomic E-state index is 11.7. The van der Waals surface area contributed by atoms with Crippen LogP contribution in [0.3, 0.4) is 0 Å². The van der Waals surface area contributed by atoms with E-state index in [2.05, 4.69) is 5.23 Å². The standard InChI is InChI=1S/C10H17BNO4S/c1-10(2,3)16-9(15)7(12-11-6-13)5-8(14)17-4/h6-7,12H,5H2,1-4H3/t7-/m0/s1. The van der Waals surface area contributed by atoms with Crippen molar-refractivity contribution in [3.05, 3.63) is 0 Å². The van der Waals surface area contributed by atoms with Gasteiger partial charge in [-0.3, -0.25) is 9.59 Å². The minimum absolute atomic E-state index is 0.0135. The predicted molar refractivity (Wildman–Crippen MR) is 68.4 cm³/mol. The smallest absolute Gasteiger partial charge is 0.323 e. The number of carbonyl (C=O) groups excluding carboxylic acids is 3. The number of hydrogen-bond acceptors (Lipinski definition) is 6. The Balaban J connectivity index is 4.49. The summed E-state index contributed by atoms with van der Waals surface area (Å²) in [4.78, 5) is 33.2. The zero-order valence-electron chi connectivity index (χ0n) is 10.5. The second-order valence-electron chi connectivity index (χ2n) is 4.34. The molecule has 0 aromatic rings. The van der Waals surface area contributed by atoms with Crippen LogP contribution in [0, 0.1) is 0 Å². The molecule has 5 nitrogen and oxygen atoms in total. The van der Waals surface area contributed by atoms with Gasteiger partial charge < -0.3 is 14.8 Å². The van der Waals surface area contributed by atoms with Crippen LogP contribution in [0.2, 0.25) is 0 Å². The number of esters is 1. The fraction of sp³-hybridized carbons (Fsp3) is 0.700. The molecule has 0 rings (SSSR count). The Bertz CT molecular complexity index is 291. The minimum atomic E-state index is -0.820. The molecular weight excluding hydrogens is 241 g/mol. The molecular formula is C10H17BNO4S. The Kier molecular flexibility index (Phi) is 7.14. The van der Waals surface area contributed by atoms with Crippen molar-refractivity contribution in [1.29, 1.82) is 0 Å². The molecule has 0 fully saturated rings. The summed E-state index contributed by atoms with van der Waals surface area (Å²) in [6.45, 7) is 5.21. The lowest BCUT2D eigenvalue weighted by Gasteiger charge is -2.23. The quantitative estimate of drug-likeness (QED) is 0.421. The van der Waals surface area contributed by atoms with Crippen LogP contribution in [0.5, 0.6) is 0 Å². The van der Waals surface area contributed by atoms with Crippen LogP contribution in [0.4, 0.5) is 0 Å². The van der Waals surface area contributed by atoms with Crippen molar-refractivity contribution >= 4 is 36.4 Å². The highest BCUT2D eigenvalue weighted by Crippen LogP contribution is 2.11. The molecule has 0 aliphatic heterocycles. The average Bonchev–Trinajstić information content (AvgIpc) is 2.21. The van der Waals surface area contributed by atoms with Crippen molar-refractivity contribution in [3.63, 3.8) is 0 Å². The lowest BCUT2D eigenvalue weighted by molar-refractivity contribution is -0.157. The molecule has 0 amide bonds. The van der Waals surface area contributed by atoms with Gasteiger partial charge in [0.05, 0.1) is 6.19 Å². The van der Waals surface area contributed by atoms with E-state index in [0.717, 1.165) is 19.2 Å². The summed E-state index contributed by atoms with van der Waals surface area (Å²) in [5.74, 6) is -0.544. The van der Waals surface area contributed by atoms with E-state index in [1.807, 2.05) is 0 Å². The first kappa shape index (κ1) is 16.2. The Morgan fingerprint density at radius 1 is 1.47 bits per heavy atom. The van der Waals surface area contributed by atoms with Crippen LogP contribution in [0.25, 0.3) is 0 Å². The SMILES string of the molecule is CSC(=O)C[C@H](N[B]C=O)C(=O)OC(C)(C)C. The Hall–Kier alpha value is -0.815. The lowest BCUT2D eigenvalue weighted by atomic mass is 9.96. The zero-order valence-corrected chi connectivity index (χ0v) is 11.3. The first-order valence-electron chi connectivity index (χ1n) is 5.13. The normalized spacial score (nSPS) is 12.7. The molecule has 1 N–H and O–H groups in total. The topological polar surface area (TPSA) is 72.5 Å². The number of rotatable bonds is 6. The molecule has 0 aromatic heterocycles. The van der Waals surface area contributed by atoms with Gasteiger partial charge in [0, 0.05) is 6.42 Å². The number of carbonyl (C=O) groups is 3. The molecule has 17 heavy (non-hydrogen) atoms. The van der Waals surface area contributed by atoms with Gasteiger partial charge in [-0.1, -0.05) is 11.8 Å². The van der Waals surface area contributed by atoms with Crippen LogP contribution in [0.1, 0.15) is 27.2 Å². The van der Waals surface area contributed by atoms with Gasteiger partial charge in [0.15, 0.2) is 5.12 Å². The third kappa shape index (κ3) is 7.98. The molecule has 0 aromatic carbocycles. The molecule has 0 saturated carbocycles. The van der Waals surface area contributed by atoms with E-state index in [9.17, 15) is 14.4 Å². The largest absolute Gasteiger partial charge is 0.459 e. The van der Waals surface area contributed by atoms with Crippen LogP contribution < -0.4 is 5.23 Å². The first-order chi connectivity index (χ1) is 7.80. The Morgan fingerprint density at radius 2 is 2.06 bits per heavy atom. The van der Waals surface area contributed by atoms with E-state index in [1.54, 1.807) is 27.0 Å². The molecule has 0 aliphatic rings. The fourth-order valence-electron chi connectivity index (χ4n) is 0.989. The summed E-state index contributed by atoms with van der Waals surface area (Å²) in [5.41, 5.74) is -0.624. The molecule has 1 radical (unpaired) electrons. The Labute approximate surface area is 106 Å². The van der Waals surface area contributed by atoms with E-state index in [0.29, 0.717) is 6.19 Å². The lowest BCUT2D eigenvalue weighted by Crippen LogP contribution is -2.44. The van der Waals surface area contributed by atoms with Gasteiger partial charge >= 0.3 is 5.97 Å². The van der Waals surface area contributed by atoms with Crippen molar-refractivity contribution in [2.75, 3.05) is 6.26 Å². The van der Waals surface area contributed by atoms with Gasteiger partial charge in [-0.15, -0.1) is 0 Å². The van der Waals surface area contributed by atoms with Crippen molar-refractivity contribution in [2.24, 2.45) is 0 Å². The first-order valence-corrected chi connectivity index (χ1v) is 6.35. The van der Waals surface area contributed by atoms with Gasteiger partial charge in [-0.05, 0) is 27.0 Å². The maximum atomic E-state index is 11.7. The van der Waals surface area contributed by atoms with Crippen LogP contribution in [0.15, 0.2) is 0 Å². The molecule has 0 unspecified atom stereocenters. The number of hydrogen-bond donors (Lipinski definition) is 1. The molecule has 0 aliphatic carbocycles. The van der Waals surface area contributed by atoms with E-state index < -0.39 is 17.6 Å². The molecule has 0 saturated heterocycles. The third-order valence-electron chi connectivity index (χ3n) is 1.66. The number of thioether (sulfide) groups is 1. The van der Waals surface area contributed by atoms with Crippen LogP contribution in [-0.2, 0) is 19.1 Å². The fourth-order valence-corrected chi connectivity index (χ4v) is 1.32. The summed E-state index contributed by atoms with van der Waals surface area (Å²) in [6.07, 6.45) is 2.14. The predicted octanol–water partition coefficient (Wildman–Crippen LogP) is 0.375. The Morgan fingerprint density at radius 3 is 2.47 bits per heavy atom. The summed E-state index contributed by atoms with van der Waals surface area (Å²) in [5, 5.41) is 2.41. The molecule has 1 atom stereocenters.